The third-order valence-corrected chi connectivity index (χ3v) is 10.2. The highest BCUT2D eigenvalue weighted by Gasteiger charge is 2.38. The number of hydrogen-bond donors (Lipinski definition) is 0. The molecule has 0 saturated carbocycles. The third-order valence-electron chi connectivity index (χ3n) is 10.2. The van der Waals surface area contributed by atoms with E-state index in [1.807, 2.05) is 0 Å². The highest BCUT2D eigenvalue weighted by atomic mass is 16.5. The summed E-state index contributed by atoms with van der Waals surface area (Å²) in [5.74, 6) is 1.79. The minimum absolute atomic E-state index is 0.0133. The van der Waals surface area contributed by atoms with Gasteiger partial charge in [-0.15, -0.1) is 0 Å². The maximum Gasteiger partial charge on any atom is 0.247 e. The monoisotopic (exact) mass is 584 g/mol. The van der Waals surface area contributed by atoms with Gasteiger partial charge in [0.05, 0.1) is 27.9 Å². The molecule has 0 amide bonds. The smallest absolute Gasteiger partial charge is 0.247 e. The lowest BCUT2D eigenvalue weighted by Gasteiger charge is -2.32. The summed E-state index contributed by atoms with van der Waals surface area (Å²) in [5.41, 5.74) is 13.3. The summed E-state index contributed by atoms with van der Waals surface area (Å²) in [6.45, 7) is 0.0133. The Morgan fingerprint density at radius 2 is 1.07 bits per heavy atom. The first-order valence-electron chi connectivity index (χ1n) is 15.9. The molecule has 7 aromatic carbocycles. The second kappa shape index (κ2) is 8.80. The molecule has 0 aliphatic carbocycles. The van der Waals surface area contributed by atoms with Crippen molar-refractivity contribution in [2.75, 3.05) is 0 Å². The fourth-order valence-corrected chi connectivity index (χ4v) is 8.39. The molecule has 0 spiro atoms. The van der Waals surface area contributed by atoms with Crippen molar-refractivity contribution in [1.29, 1.82) is 0 Å². The zero-order chi connectivity index (χ0) is 29.9. The minimum atomic E-state index is 0.0133. The van der Waals surface area contributed by atoms with Gasteiger partial charge in [-0.25, -0.2) is 0 Å². The zero-order valence-electron chi connectivity index (χ0n) is 24.8. The lowest BCUT2D eigenvalue weighted by Crippen LogP contribution is -2.56. The number of benzene rings is 7. The van der Waals surface area contributed by atoms with E-state index in [2.05, 4.69) is 161 Å². The van der Waals surface area contributed by atoms with Gasteiger partial charge < -0.3 is 13.9 Å². The van der Waals surface area contributed by atoms with Gasteiger partial charge in [-0.3, -0.25) is 0 Å². The second-order valence-corrected chi connectivity index (χ2v) is 12.4. The van der Waals surface area contributed by atoms with E-state index in [9.17, 15) is 0 Å². The van der Waals surface area contributed by atoms with Crippen LogP contribution in [0.15, 0.2) is 152 Å². The number of aromatic nitrogens is 2. The fourth-order valence-electron chi connectivity index (χ4n) is 8.39. The first-order valence-corrected chi connectivity index (χ1v) is 15.9. The molecule has 9 aromatic rings. The number of rotatable bonds is 2. The Morgan fingerprint density at radius 3 is 1.89 bits per heavy atom. The molecule has 46 heavy (non-hydrogen) atoms. The van der Waals surface area contributed by atoms with Crippen LogP contribution in [0.3, 0.4) is 0 Å². The molecule has 212 valence electrons. The Labute approximate surface area is 265 Å². The molecule has 2 aromatic heterocycles. The zero-order valence-corrected chi connectivity index (χ0v) is 24.8. The van der Waals surface area contributed by atoms with Crippen molar-refractivity contribution in [3.8, 4) is 34.0 Å². The van der Waals surface area contributed by atoms with E-state index >= 15 is 0 Å². The van der Waals surface area contributed by atoms with Gasteiger partial charge >= 0.3 is 0 Å². The van der Waals surface area contributed by atoms with Crippen molar-refractivity contribution < 1.29 is 4.74 Å². The van der Waals surface area contributed by atoms with Gasteiger partial charge in [0.1, 0.15) is 0 Å². The SMILES string of the molecule is c1ccc(-c2ccccc2B2c3ccc4c(c3-n3c5ccccc5c5cccc2c53)Oc2cccc3c5ccccc5n-4c23)cc1. The van der Waals surface area contributed by atoms with E-state index in [0.717, 1.165) is 28.4 Å². The van der Waals surface area contributed by atoms with Crippen LogP contribution in [-0.2, 0) is 0 Å². The van der Waals surface area contributed by atoms with Crippen LogP contribution in [-0.4, -0.2) is 15.8 Å². The van der Waals surface area contributed by atoms with Crippen molar-refractivity contribution in [2.45, 2.75) is 0 Å². The van der Waals surface area contributed by atoms with E-state index in [0.29, 0.717) is 0 Å². The van der Waals surface area contributed by atoms with Gasteiger partial charge in [-0.2, -0.15) is 0 Å². The quantitative estimate of drug-likeness (QED) is 0.187. The van der Waals surface area contributed by atoms with Crippen LogP contribution in [0.1, 0.15) is 0 Å². The van der Waals surface area contributed by atoms with Crippen LogP contribution in [0, 0.1) is 0 Å². The van der Waals surface area contributed by atoms with Crippen molar-refractivity contribution in [3.63, 3.8) is 0 Å². The molecule has 0 N–H and O–H groups in total. The standard InChI is InChI=1S/C42H25BN2O/c1-2-12-26(13-3-1)27-14-4-7-19-32(27)43-33-20-10-17-30-28-15-6-9-22-36(28)45(39(30)33)41-34(43)24-25-37-42(41)46-38-23-11-18-31-29-16-5-8-21-35(29)44(37)40(31)38/h1-25H. The molecule has 0 atom stereocenters. The number of fused-ring (bicyclic) bond motifs is 11. The third kappa shape index (κ3) is 2.99. The molecule has 2 aliphatic rings. The second-order valence-electron chi connectivity index (χ2n) is 12.4. The molecular formula is C42H25BN2O. The summed E-state index contributed by atoms with van der Waals surface area (Å²) in [6.07, 6.45) is 0. The van der Waals surface area contributed by atoms with Gasteiger partial charge in [0.25, 0.3) is 0 Å². The summed E-state index contributed by atoms with van der Waals surface area (Å²) in [5, 5.41) is 4.97. The predicted molar refractivity (Wildman–Crippen MR) is 192 cm³/mol. The molecular weight excluding hydrogens is 559 g/mol. The van der Waals surface area contributed by atoms with Crippen molar-refractivity contribution in [3.05, 3.63) is 152 Å². The molecule has 4 heteroatoms. The van der Waals surface area contributed by atoms with Crippen LogP contribution in [0.25, 0.3) is 66.1 Å². The normalized spacial score (nSPS) is 12.9. The largest absolute Gasteiger partial charge is 0.451 e. The van der Waals surface area contributed by atoms with Crippen LogP contribution in [0.4, 0.5) is 0 Å². The van der Waals surface area contributed by atoms with Gasteiger partial charge in [-0.1, -0.05) is 133 Å². The first-order chi connectivity index (χ1) is 22.9. The molecule has 0 bridgehead atoms. The molecule has 4 heterocycles. The number of hydrogen-bond acceptors (Lipinski definition) is 1. The fraction of sp³-hybridized carbons (Fsp3) is 0. The van der Waals surface area contributed by atoms with Crippen LogP contribution < -0.4 is 21.1 Å². The maximum absolute atomic E-state index is 7.10. The summed E-state index contributed by atoms with van der Waals surface area (Å²) in [4.78, 5) is 0. The summed E-state index contributed by atoms with van der Waals surface area (Å²) in [6, 6.07) is 55.1. The van der Waals surface area contributed by atoms with E-state index in [1.165, 1.54) is 65.6 Å². The molecule has 0 unspecified atom stereocenters. The maximum atomic E-state index is 7.10. The Morgan fingerprint density at radius 1 is 0.435 bits per heavy atom. The molecule has 0 radical (unpaired) electrons. The van der Waals surface area contributed by atoms with Crippen LogP contribution in [0.5, 0.6) is 11.5 Å². The molecule has 2 aliphatic heterocycles. The average Bonchev–Trinajstić information content (AvgIpc) is 3.64. The number of para-hydroxylation sites is 4. The van der Waals surface area contributed by atoms with E-state index in [4.69, 9.17) is 4.74 Å². The Balaban J connectivity index is 1.31. The van der Waals surface area contributed by atoms with E-state index in [-0.39, 0.29) is 6.71 Å². The minimum Gasteiger partial charge on any atom is -0.451 e. The molecule has 0 saturated heterocycles. The Bertz CT molecular complexity index is 2740. The van der Waals surface area contributed by atoms with E-state index < -0.39 is 0 Å². The topological polar surface area (TPSA) is 19.1 Å². The Hall–Kier alpha value is -6.00. The van der Waals surface area contributed by atoms with Gasteiger partial charge in [-0.05, 0) is 46.3 Å². The molecule has 0 fully saturated rings. The van der Waals surface area contributed by atoms with E-state index in [1.54, 1.807) is 0 Å². The lowest BCUT2D eigenvalue weighted by molar-refractivity contribution is 0.475. The summed E-state index contributed by atoms with van der Waals surface area (Å²) < 4.78 is 12.0. The first kappa shape index (κ1) is 24.3. The predicted octanol–water partition coefficient (Wildman–Crippen LogP) is 8.48. The van der Waals surface area contributed by atoms with Gasteiger partial charge in [0, 0.05) is 27.1 Å². The summed E-state index contributed by atoms with van der Waals surface area (Å²) >= 11 is 0. The highest BCUT2D eigenvalue weighted by Crippen LogP contribution is 2.48. The van der Waals surface area contributed by atoms with Crippen molar-refractivity contribution >= 4 is 66.7 Å². The number of ether oxygens (including phenoxy) is 1. The molecule has 11 rings (SSSR count). The Kier molecular flexibility index (Phi) is 4.66. The number of nitrogens with zero attached hydrogens (tertiary/aromatic N) is 2. The van der Waals surface area contributed by atoms with Crippen LogP contribution in [0.2, 0.25) is 0 Å². The lowest BCUT2D eigenvalue weighted by atomic mass is 9.34. The molecule has 3 nitrogen and oxygen atoms in total. The average molecular weight is 584 g/mol. The highest BCUT2D eigenvalue weighted by molar-refractivity contribution is 6.98. The summed E-state index contributed by atoms with van der Waals surface area (Å²) in [7, 11) is 0. The van der Waals surface area contributed by atoms with Gasteiger partial charge in [0.2, 0.25) is 6.71 Å². The van der Waals surface area contributed by atoms with Gasteiger partial charge in [0.15, 0.2) is 11.5 Å². The van der Waals surface area contributed by atoms with Crippen LogP contribution >= 0.6 is 0 Å². The van der Waals surface area contributed by atoms with Crippen molar-refractivity contribution in [2.24, 2.45) is 0 Å². The van der Waals surface area contributed by atoms with Crippen molar-refractivity contribution in [1.82, 2.24) is 9.13 Å².